The van der Waals surface area contributed by atoms with Crippen molar-refractivity contribution in [2.24, 2.45) is 23.7 Å². The average Bonchev–Trinajstić information content (AvgIpc) is 2.67. The van der Waals surface area contributed by atoms with Crippen LogP contribution in [0.4, 0.5) is 0 Å². The number of carbonyl (C=O) groups excluding carboxylic acids is 2. The van der Waals surface area contributed by atoms with Gasteiger partial charge in [0.25, 0.3) is 0 Å². The van der Waals surface area contributed by atoms with Crippen LogP contribution in [0.3, 0.4) is 0 Å². The van der Waals surface area contributed by atoms with E-state index in [1.807, 2.05) is 0 Å². The Morgan fingerprint density at radius 2 is 1.19 bits per heavy atom. The summed E-state index contributed by atoms with van der Waals surface area (Å²) in [5, 5.41) is 0. The topological polar surface area (TPSA) is 52.6 Å². The fraction of sp³-hybridized carbons (Fsp3) is 0.727. The molecule has 0 aliphatic heterocycles. The van der Waals surface area contributed by atoms with Crippen molar-refractivity contribution in [2.75, 3.05) is 0 Å². The minimum Gasteiger partial charge on any atom is -0.459 e. The van der Waals surface area contributed by atoms with Crippen LogP contribution in [0.5, 0.6) is 0 Å². The molecular formula is C22H34O4. The van der Waals surface area contributed by atoms with Crippen molar-refractivity contribution in [1.82, 2.24) is 0 Å². The van der Waals surface area contributed by atoms with Crippen LogP contribution in [0.1, 0.15) is 65.2 Å². The van der Waals surface area contributed by atoms with Gasteiger partial charge in [0, 0.05) is 12.2 Å². The Hall–Kier alpha value is -1.58. The highest BCUT2D eigenvalue weighted by molar-refractivity contribution is 5.81. The molecule has 0 amide bonds. The molecule has 26 heavy (non-hydrogen) atoms. The third-order valence-electron chi connectivity index (χ3n) is 6.48. The molecule has 2 saturated carbocycles. The Kier molecular flexibility index (Phi) is 7.92. The van der Waals surface area contributed by atoms with Crippen LogP contribution in [0.25, 0.3) is 0 Å². The van der Waals surface area contributed by atoms with E-state index in [1.165, 1.54) is 12.2 Å². The minimum absolute atomic E-state index is 0.0339. The van der Waals surface area contributed by atoms with Gasteiger partial charge in [-0.1, -0.05) is 39.8 Å². The standard InChI is InChI=1S/C22H34O4/c1-5-15-13-17(25-21(23)7-3)9-11-19(15)20-12-10-18(14-16(20)6-2)26-22(24)8-4/h7-8,15-20H,3-6,9-14H2,1-2H3. The first-order valence-corrected chi connectivity index (χ1v) is 10.2. The Labute approximate surface area is 158 Å². The Balaban J connectivity index is 1.98. The predicted molar refractivity (Wildman–Crippen MR) is 102 cm³/mol. The molecule has 146 valence electrons. The van der Waals surface area contributed by atoms with Gasteiger partial charge in [0.15, 0.2) is 0 Å². The molecule has 6 unspecified atom stereocenters. The van der Waals surface area contributed by atoms with E-state index in [4.69, 9.17) is 9.47 Å². The molecule has 2 fully saturated rings. The molecule has 4 nitrogen and oxygen atoms in total. The van der Waals surface area contributed by atoms with Crippen molar-refractivity contribution < 1.29 is 19.1 Å². The lowest BCUT2D eigenvalue weighted by molar-refractivity contribution is -0.149. The summed E-state index contributed by atoms with van der Waals surface area (Å²) in [5.74, 6) is 1.94. The van der Waals surface area contributed by atoms with Gasteiger partial charge in [-0.2, -0.15) is 0 Å². The summed E-state index contributed by atoms with van der Waals surface area (Å²) < 4.78 is 11.0. The van der Waals surface area contributed by atoms with Crippen molar-refractivity contribution in [2.45, 2.75) is 77.4 Å². The van der Waals surface area contributed by atoms with E-state index in [-0.39, 0.29) is 24.1 Å². The van der Waals surface area contributed by atoms with E-state index in [9.17, 15) is 9.59 Å². The second-order valence-electron chi connectivity index (χ2n) is 7.82. The molecule has 2 aliphatic rings. The number of carbonyl (C=O) groups is 2. The molecule has 0 heterocycles. The van der Waals surface area contributed by atoms with Crippen LogP contribution in [-0.4, -0.2) is 24.1 Å². The largest absolute Gasteiger partial charge is 0.459 e. The van der Waals surface area contributed by atoms with Crippen LogP contribution < -0.4 is 0 Å². The average molecular weight is 363 g/mol. The van der Waals surface area contributed by atoms with Gasteiger partial charge in [-0.3, -0.25) is 0 Å². The molecule has 0 radical (unpaired) electrons. The summed E-state index contributed by atoms with van der Waals surface area (Å²) in [5.41, 5.74) is 0. The monoisotopic (exact) mass is 362 g/mol. The summed E-state index contributed by atoms with van der Waals surface area (Å²) in [7, 11) is 0. The number of hydrogen-bond acceptors (Lipinski definition) is 4. The summed E-state index contributed by atoms with van der Waals surface area (Å²) in [6.45, 7) is 11.5. The Morgan fingerprint density at radius 1 is 0.808 bits per heavy atom. The lowest BCUT2D eigenvalue weighted by Crippen LogP contribution is -2.40. The normalized spacial score (nSPS) is 34.5. The van der Waals surface area contributed by atoms with Crippen molar-refractivity contribution in [3.05, 3.63) is 25.3 Å². The summed E-state index contributed by atoms with van der Waals surface area (Å²) >= 11 is 0. The zero-order chi connectivity index (χ0) is 19.1. The molecule has 0 aromatic carbocycles. The maximum Gasteiger partial charge on any atom is 0.330 e. The first-order chi connectivity index (χ1) is 12.5. The molecule has 4 heteroatoms. The smallest absolute Gasteiger partial charge is 0.330 e. The van der Waals surface area contributed by atoms with Crippen LogP contribution in [0.15, 0.2) is 25.3 Å². The number of ether oxygens (including phenoxy) is 2. The quantitative estimate of drug-likeness (QED) is 0.480. The summed E-state index contributed by atoms with van der Waals surface area (Å²) in [4.78, 5) is 23.0. The van der Waals surface area contributed by atoms with Crippen molar-refractivity contribution in [1.29, 1.82) is 0 Å². The maximum atomic E-state index is 11.5. The minimum atomic E-state index is -0.306. The van der Waals surface area contributed by atoms with Gasteiger partial charge in [0.2, 0.25) is 0 Å². The molecule has 2 rings (SSSR count). The molecule has 0 aromatic rings. The number of rotatable bonds is 7. The zero-order valence-electron chi connectivity index (χ0n) is 16.3. The SMILES string of the molecule is C=CC(=O)OC1CCC(C2CCC(OC(=O)C=C)CC2CC)C(CC)C1. The molecular weight excluding hydrogens is 328 g/mol. The summed E-state index contributed by atoms with van der Waals surface area (Å²) in [6, 6.07) is 0. The molecule has 0 aromatic heterocycles. The van der Waals surface area contributed by atoms with Crippen molar-refractivity contribution in [3.8, 4) is 0 Å². The number of hydrogen-bond donors (Lipinski definition) is 0. The Bertz CT molecular complexity index is 466. The highest BCUT2D eigenvalue weighted by Crippen LogP contribution is 2.47. The van der Waals surface area contributed by atoms with Gasteiger partial charge in [-0.25, -0.2) is 9.59 Å². The molecule has 0 spiro atoms. The van der Waals surface area contributed by atoms with E-state index in [2.05, 4.69) is 27.0 Å². The van der Waals surface area contributed by atoms with Gasteiger partial charge >= 0.3 is 11.9 Å². The maximum absolute atomic E-state index is 11.5. The highest BCUT2D eigenvalue weighted by Gasteiger charge is 2.41. The van der Waals surface area contributed by atoms with Gasteiger partial charge < -0.3 is 9.47 Å². The van der Waals surface area contributed by atoms with E-state index in [1.54, 1.807) is 0 Å². The van der Waals surface area contributed by atoms with E-state index < -0.39 is 0 Å². The van der Waals surface area contributed by atoms with Gasteiger partial charge in [-0.15, -0.1) is 0 Å². The Morgan fingerprint density at radius 3 is 1.50 bits per heavy atom. The van der Waals surface area contributed by atoms with E-state index in [0.717, 1.165) is 51.4 Å². The van der Waals surface area contributed by atoms with E-state index >= 15 is 0 Å². The third-order valence-corrected chi connectivity index (χ3v) is 6.48. The van der Waals surface area contributed by atoms with Crippen LogP contribution >= 0.6 is 0 Å². The predicted octanol–water partition coefficient (Wildman–Crippen LogP) is 4.83. The number of esters is 2. The highest BCUT2D eigenvalue weighted by atomic mass is 16.5. The van der Waals surface area contributed by atoms with Gasteiger partial charge in [-0.05, 0) is 62.2 Å². The second kappa shape index (κ2) is 9.94. The molecule has 0 bridgehead atoms. The third kappa shape index (κ3) is 5.21. The molecule has 6 atom stereocenters. The fourth-order valence-electron chi connectivity index (χ4n) is 5.19. The first kappa shape index (κ1) is 20.7. The van der Waals surface area contributed by atoms with Crippen LogP contribution in [0, 0.1) is 23.7 Å². The lowest BCUT2D eigenvalue weighted by Gasteiger charge is -2.45. The van der Waals surface area contributed by atoms with E-state index in [0.29, 0.717) is 23.7 Å². The van der Waals surface area contributed by atoms with Crippen molar-refractivity contribution in [3.63, 3.8) is 0 Å². The van der Waals surface area contributed by atoms with Crippen LogP contribution in [-0.2, 0) is 19.1 Å². The molecule has 0 saturated heterocycles. The summed E-state index contributed by atoms with van der Waals surface area (Å²) in [6.07, 6.45) is 10.9. The van der Waals surface area contributed by atoms with Crippen LogP contribution in [0.2, 0.25) is 0 Å². The van der Waals surface area contributed by atoms with Crippen molar-refractivity contribution >= 4 is 11.9 Å². The zero-order valence-corrected chi connectivity index (χ0v) is 16.3. The fourth-order valence-corrected chi connectivity index (χ4v) is 5.19. The lowest BCUT2D eigenvalue weighted by atomic mass is 9.62. The second-order valence-corrected chi connectivity index (χ2v) is 7.82. The molecule has 2 aliphatic carbocycles. The van der Waals surface area contributed by atoms with Gasteiger partial charge in [0.05, 0.1) is 0 Å². The molecule has 0 N–H and O–H groups in total. The first-order valence-electron chi connectivity index (χ1n) is 10.2. The van der Waals surface area contributed by atoms with Gasteiger partial charge in [0.1, 0.15) is 12.2 Å².